The summed E-state index contributed by atoms with van der Waals surface area (Å²) in [5.41, 5.74) is 0.778. The van der Waals surface area contributed by atoms with Crippen molar-refractivity contribution in [2.24, 2.45) is 0 Å². The third kappa shape index (κ3) is 3.20. The molecule has 1 N–H and O–H groups in total. The third-order valence-corrected chi connectivity index (χ3v) is 2.63. The van der Waals surface area contributed by atoms with E-state index in [2.05, 4.69) is 5.32 Å². The fourth-order valence-corrected chi connectivity index (χ4v) is 1.69. The van der Waals surface area contributed by atoms with Crippen molar-refractivity contribution in [3.63, 3.8) is 0 Å². The van der Waals surface area contributed by atoms with E-state index in [9.17, 15) is 9.18 Å². The number of carbonyl (C=O) groups is 1. The lowest BCUT2D eigenvalue weighted by Gasteiger charge is -2.11. The van der Waals surface area contributed by atoms with E-state index in [-0.39, 0.29) is 24.2 Å². The number of benzene rings is 1. The number of hydrogen-bond acceptors (Lipinski definition) is 2. The maximum absolute atomic E-state index is 12.7. The van der Waals surface area contributed by atoms with Gasteiger partial charge in [-0.1, -0.05) is 12.1 Å². The van der Waals surface area contributed by atoms with Gasteiger partial charge in [0, 0.05) is 0 Å². The van der Waals surface area contributed by atoms with Crippen LogP contribution in [0.5, 0.6) is 0 Å². The summed E-state index contributed by atoms with van der Waals surface area (Å²) in [5, 5.41) is 2.82. The molecule has 0 bridgehead atoms. The minimum atomic E-state index is -0.303. The SMILES string of the molecule is CC(NC(=O)Cc1ccc(F)cc1)c1ccco1. The number of carbonyl (C=O) groups excluding carboxylic acids is 1. The normalized spacial score (nSPS) is 12.1. The molecular formula is C14H14FNO2. The first-order valence-corrected chi connectivity index (χ1v) is 5.72. The summed E-state index contributed by atoms with van der Waals surface area (Å²) < 4.78 is 17.9. The standard InChI is InChI=1S/C14H14FNO2/c1-10(13-3-2-8-18-13)16-14(17)9-11-4-6-12(15)7-5-11/h2-8,10H,9H2,1H3,(H,16,17). The average molecular weight is 247 g/mol. The Morgan fingerprint density at radius 2 is 2.06 bits per heavy atom. The second-order valence-electron chi connectivity index (χ2n) is 4.11. The molecule has 2 rings (SSSR count). The van der Waals surface area contributed by atoms with Gasteiger partial charge in [0.1, 0.15) is 11.6 Å². The quantitative estimate of drug-likeness (QED) is 0.902. The molecule has 94 valence electrons. The van der Waals surface area contributed by atoms with Crippen LogP contribution < -0.4 is 5.32 Å². The highest BCUT2D eigenvalue weighted by Gasteiger charge is 2.11. The first-order chi connectivity index (χ1) is 8.65. The van der Waals surface area contributed by atoms with E-state index in [1.807, 2.05) is 13.0 Å². The second-order valence-corrected chi connectivity index (χ2v) is 4.11. The molecule has 3 nitrogen and oxygen atoms in total. The van der Waals surface area contributed by atoms with E-state index >= 15 is 0 Å². The molecule has 4 heteroatoms. The molecule has 1 aromatic heterocycles. The maximum Gasteiger partial charge on any atom is 0.224 e. The molecule has 0 aliphatic heterocycles. The summed E-state index contributed by atoms with van der Waals surface area (Å²) >= 11 is 0. The lowest BCUT2D eigenvalue weighted by atomic mass is 10.1. The number of amides is 1. The monoisotopic (exact) mass is 247 g/mol. The summed E-state index contributed by atoms with van der Waals surface area (Å²) in [5.74, 6) is 0.288. The Balaban J connectivity index is 1.91. The fourth-order valence-electron chi connectivity index (χ4n) is 1.69. The predicted octanol–water partition coefficient (Wildman–Crippen LogP) is 2.84. The van der Waals surface area contributed by atoms with Gasteiger partial charge in [0.05, 0.1) is 18.7 Å². The molecule has 0 saturated carbocycles. The van der Waals surface area contributed by atoms with Gasteiger partial charge in [0.15, 0.2) is 0 Å². The van der Waals surface area contributed by atoms with Crippen molar-refractivity contribution in [1.82, 2.24) is 5.32 Å². The van der Waals surface area contributed by atoms with Crippen LogP contribution >= 0.6 is 0 Å². The molecule has 2 aromatic rings. The van der Waals surface area contributed by atoms with Crippen LogP contribution in [0.4, 0.5) is 4.39 Å². The third-order valence-electron chi connectivity index (χ3n) is 2.63. The number of furan rings is 1. The second kappa shape index (κ2) is 5.49. The summed E-state index contributed by atoms with van der Waals surface area (Å²) in [4.78, 5) is 11.8. The summed E-state index contributed by atoms with van der Waals surface area (Å²) in [6.45, 7) is 1.85. The minimum absolute atomic E-state index is 0.120. The topological polar surface area (TPSA) is 42.2 Å². The average Bonchev–Trinajstić information content (AvgIpc) is 2.85. The van der Waals surface area contributed by atoms with Gasteiger partial charge < -0.3 is 9.73 Å². The smallest absolute Gasteiger partial charge is 0.224 e. The van der Waals surface area contributed by atoms with Crippen LogP contribution in [0.15, 0.2) is 47.1 Å². The Morgan fingerprint density at radius 3 is 2.67 bits per heavy atom. The zero-order valence-corrected chi connectivity index (χ0v) is 10.0. The van der Waals surface area contributed by atoms with Crippen LogP contribution in [0.3, 0.4) is 0 Å². The van der Waals surface area contributed by atoms with Gasteiger partial charge >= 0.3 is 0 Å². The number of hydrogen-bond donors (Lipinski definition) is 1. The van der Waals surface area contributed by atoms with Crippen molar-refractivity contribution in [2.75, 3.05) is 0 Å². The van der Waals surface area contributed by atoms with Gasteiger partial charge in [-0.25, -0.2) is 4.39 Å². The zero-order valence-electron chi connectivity index (χ0n) is 10.0. The van der Waals surface area contributed by atoms with Crippen LogP contribution in [0.2, 0.25) is 0 Å². The number of rotatable bonds is 4. The lowest BCUT2D eigenvalue weighted by Crippen LogP contribution is -2.27. The van der Waals surface area contributed by atoms with Crippen LogP contribution in [-0.2, 0) is 11.2 Å². The van der Waals surface area contributed by atoms with Gasteiger partial charge in [-0.2, -0.15) is 0 Å². The zero-order chi connectivity index (χ0) is 13.0. The van der Waals surface area contributed by atoms with E-state index in [4.69, 9.17) is 4.42 Å². The predicted molar refractivity (Wildman–Crippen MR) is 65.4 cm³/mol. The molecule has 0 spiro atoms. The first kappa shape index (κ1) is 12.4. The van der Waals surface area contributed by atoms with E-state index in [1.165, 1.54) is 12.1 Å². The summed E-state index contributed by atoms with van der Waals surface area (Å²) in [6, 6.07) is 9.31. The Kier molecular flexibility index (Phi) is 3.77. The molecule has 0 saturated heterocycles. The van der Waals surface area contributed by atoms with Crippen molar-refractivity contribution in [3.8, 4) is 0 Å². The van der Waals surface area contributed by atoms with Gasteiger partial charge in [0.2, 0.25) is 5.91 Å². The molecule has 0 radical (unpaired) electrons. The van der Waals surface area contributed by atoms with Crippen molar-refractivity contribution >= 4 is 5.91 Å². The molecule has 0 aliphatic carbocycles. The Morgan fingerprint density at radius 1 is 1.33 bits per heavy atom. The first-order valence-electron chi connectivity index (χ1n) is 5.72. The number of halogens is 1. The highest BCUT2D eigenvalue weighted by molar-refractivity contribution is 5.78. The molecule has 1 atom stereocenters. The van der Waals surface area contributed by atoms with Gasteiger partial charge in [-0.05, 0) is 36.8 Å². The Hall–Kier alpha value is -2.10. The molecule has 1 unspecified atom stereocenters. The van der Waals surface area contributed by atoms with Crippen LogP contribution in [0.25, 0.3) is 0 Å². The molecule has 1 aromatic carbocycles. The molecule has 18 heavy (non-hydrogen) atoms. The van der Waals surface area contributed by atoms with Crippen molar-refractivity contribution in [3.05, 3.63) is 59.8 Å². The fraction of sp³-hybridized carbons (Fsp3) is 0.214. The lowest BCUT2D eigenvalue weighted by molar-refractivity contribution is -0.121. The van der Waals surface area contributed by atoms with Crippen LogP contribution in [-0.4, -0.2) is 5.91 Å². The maximum atomic E-state index is 12.7. The van der Waals surface area contributed by atoms with Gasteiger partial charge in [-0.3, -0.25) is 4.79 Å². The Labute approximate surface area is 105 Å². The molecule has 1 heterocycles. The van der Waals surface area contributed by atoms with E-state index in [0.29, 0.717) is 5.76 Å². The van der Waals surface area contributed by atoms with Crippen molar-refractivity contribution in [1.29, 1.82) is 0 Å². The van der Waals surface area contributed by atoms with Crippen LogP contribution in [0, 0.1) is 5.82 Å². The molecule has 0 aliphatic rings. The molecular weight excluding hydrogens is 233 g/mol. The highest BCUT2D eigenvalue weighted by Crippen LogP contribution is 2.12. The van der Waals surface area contributed by atoms with Gasteiger partial charge in [-0.15, -0.1) is 0 Å². The minimum Gasteiger partial charge on any atom is -0.467 e. The van der Waals surface area contributed by atoms with Gasteiger partial charge in [0.25, 0.3) is 0 Å². The molecule has 0 fully saturated rings. The largest absolute Gasteiger partial charge is 0.467 e. The van der Waals surface area contributed by atoms with Crippen molar-refractivity contribution < 1.29 is 13.6 Å². The van der Waals surface area contributed by atoms with Crippen LogP contribution in [0.1, 0.15) is 24.3 Å². The number of nitrogens with one attached hydrogen (secondary N) is 1. The Bertz CT molecular complexity index is 505. The van der Waals surface area contributed by atoms with E-state index in [0.717, 1.165) is 5.56 Å². The van der Waals surface area contributed by atoms with E-state index < -0.39 is 0 Å². The highest BCUT2D eigenvalue weighted by atomic mass is 19.1. The van der Waals surface area contributed by atoms with E-state index in [1.54, 1.807) is 24.5 Å². The summed E-state index contributed by atoms with van der Waals surface area (Å²) in [7, 11) is 0. The van der Waals surface area contributed by atoms with Crippen molar-refractivity contribution in [2.45, 2.75) is 19.4 Å². The molecule has 1 amide bonds. The summed E-state index contributed by atoms with van der Waals surface area (Å²) in [6.07, 6.45) is 1.79.